The minimum absolute atomic E-state index is 0.826. The monoisotopic (exact) mass is 314 g/mol. The molecule has 124 valence electrons. The van der Waals surface area contributed by atoms with E-state index in [1.54, 1.807) is 14.2 Å². The fourth-order valence-electron chi connectivity index (χ4n) is 2.69. The van der Waals surface area contributed by atoms with Crippen molar-refractivity contribution in [2.24, 2.45) is 0 Å². The first kappa shape index (κ1) is 17.3. The molecule has 2 rings (SSSR count). The van der Waals surface area contributed by atoms with Crippen molar-refractivity contribution in [3.8, 4) is 22.6 Å². The lowest BCUT2D eigenvalue weighted by atomic mass is 9.95. The molecule has 0 bridgehead atoms. The van der Waals surface area contributed by atoms with E-state index in [1.165, 1.54) is 11.1 Å². The van der Waals surface area contributed by atoms with Crippen molar-refractivity contribution in [3.63, 3.8) is 0 Å². The van der Waals surface area contributed by atoms with Crippen LogP contribution in [0.4, 0.5) is 0 Å². The maximum atomic E-state index is 5.59. The first-order chi connectivity index (χ1) is 11.2. The molecule has 0 radical (unpaired) electrons. The van der Waals surface area contributed by atoms with E-state index in [9.17, 15) is 0 Å². The Kier molecular flexibility index (Phi) is 6.44. The maximum absolute atomic E-state index is 5.59. The van der Waals surface area contributed by atoms with Crippen molar-refractivity contribution >= 4 is 0 Å². The minimum atomic E-state index is 0.826. The topological polar surface area (TPSA) is 42.5 Å². The summed E-state index contributed by atoms with van der Waals surface area (Å²) in [5.74, 6) is 1.73. The van der Waals surface area contributed by atoms with Gasteiger partial charge in [-0.1, -0.05) is 12.1 Å². The highest BCUT2D eigenvalue weighted by molar-refractivity contribution is 5.75. The van der Waals surface area contributed by atoms with Crippen molar-refractivity contribution in [2.75, 3.05) is 34.9 Å². The van der Waals surface area contributed by atoms with E-state index in [1.807, 2.05) is 26.2 Å². The zero-order valence-corrected chi connectivity index (χ0v) is 14.4. The summed E-state index contributed by atoms with van der Waals surface area (Å²) in [4.78, 5) is 0. The first-order valence-electron chi connectivity index (χ1n) is 7.87. The Morgan fingerprint density at radius 1 is 0.870 bits per heavy atom. The maximum Gasteiger partial charge on any atom is 0.126 e. The third kappa shape index (κ3) is 4.24. The van der Waals surface area contributed by atoms with Crippen molar-refractivity contribution in [3.05, 3.63) is 47.5 Å². The van der Waals surface area contributed by atoms with Crippen LogP contribution >= 0.6 is 0 Å². The van der Waals surface area contributed by atoms with E-state index in [-0.39, 0.29) is 0 Å². The smallest absolute Gasteiger partial charge is 0.126 e. The molecule has 0 spiro atoms. The van der Waals surface area contributed by atoms with Crippen LogP contribution in [-0.2, 0) is 13.0 Å². The predicted octanol–water partition coefficient (Wildman–Crippen LogP) is 2.85. The SMILES string of the molecule is CNCCc1ccc(OC)cc1-c1cc(CNC)ccc1OC. The predicted molar refractivity (Wildman–Crippen MR) is 95.4 cm³/mol. The van der Waals surface area contributed by atoms with E-state index in [0.717, 1.165) is 42.1 Å². The fourth-order valence-corrected chi connectivity index (χ4v) is 2.69. The number of methoxy groups -OCH3 is 2. The van der Waals surface area contributed by atoms with E-state index in [2.05, 4.69) is 34.9 Å². The van der Waals surface area contributed by atoms with Gasteiger partial charge >= 0.3 is 0 Å². The van der Waals surface area contributed by atoms with Crippen LogP contribution in [0, 0.1) is 0 Å². The van der Waals surface area contributed by atoms with Crippen LogP contribution in [0.25, 0.3) is 11.1 Å². The van der Waals surface area contributed by atoms with Crippen LogP contribution < -0.4 is 20.1 Å². The second-order valence-electron chi connectivity index (χ2n) is 5.44. The second kappa shape index (κ2) is 8.56. The molecule has 0 atom stereocenters. The van der Waals surface area contributed by atoms with Crippen molar-refractivity contribution in [2.45, 2.75) is 13.0 Å². The largest absolute Gasteiger partial charge is 0.497 e. The van der Waals surface area contributed by atoms with Gasteiger partial charge in [0.2, 0.25) is 0 Å². The third-order valence-electron chi connectivity index (χ3n) is 3.90. The van der Waals surface area contributed by atoms with Gasteiger partial charge < -0.3 is 20.1 Å². The first-order valence-corrected chi connectivity index (χ1v) is 7.87. The molecule has 0 aromatic heterocycles. The number of hydrogen-bond acceptors (Lipinski definition) is 4. The third-order valence-corrected chi connectivity index (χ3v) is 3.90. The van der Waals surface area contributed by atoms with Crippen LogP contribution in [0.2, 0.25) is 0 Å². The molecule has 0 unspecified atom stereocenters. The van der Waals surface area contributed by atoms with Crippen LogP contribution in [0.3, 0.4) is 0 Å². The number of ether oxygens (including phenoxy) is 2. The molecule has 0 saturated carbocycles. The average Bonchev–Trinajstić information content (AvgIpc) is 2.60. The molecule has 0 aliphatic carbocycles. The molecule has 0 aliphatic heterocycles. The van der Waals surface area contributed by atoms with Gasteiger partial charge in [-0.2, -0.15) is 0 Å². The number of rotatable bonds is 8. The molecule has 4 nitrogen and oxygen atoms in total. The lowest BCUT2D eigenvalue weighted by molar-refractivity contribution is 0.413. The molecule has 0 amide bonds. The van der Waals surface area contributed by atoms with E-state index >= 15 is 0 Å². The number of benzene rings is 2. The molecular formula is C19H26N2O2. The highest BCUT2D eigenvalue weighted by Gasteiger charge is 2.12. The Morgan fingerprint density at radius 3 is 2.35 bits per heavy atom. The summed E-state index contributed by atoms with van der Waals surface area (Å²) in [6.45, 7) is 1.75. The number of likely N-dealkylation sites (N-methyl/N-ethyl adjacent to an activating group) is 1. The Labute approximate surface area is 138 Å². The zero-order chi connectivity index (χ0) is 16.7. The Bertz CT molecular complexity index is 641. The normalized spacial score (nSPS) is 10.6. The molecule has 2 aromatic rings. The molecule has 4 heteroatoms. The Balaban J connectivity index is 2.55. The molecular weight excluding hydrogens is 288 g/mol. The van der Waals surface area contributed by atoms with E-state index in [0.29, 0.717) is 0 Å². The summed E-state index contributed by atoms with van der Waals surface area (Å²) < 4.78 is 11.0. The second-order valence-corrected chi connectivity index (χ2v) is 5.44. The Hall–Kier alpha value is -2.04. The lowest BCUT2D eigenvalue weighted by Crippen LogP contribution is -2.11. The summed E-state index contributed by atoms with van der Waals surface area (Å²) in [5, 5.41) is 6.41. The average molecular weight is 314 g/mol. The van der Waals surface area contributed by atoms with Crippen LogP contribution in [0.15, 0.2) is 36.4 Å². The van der Waals surface area contributed by atoms with Crippen LogP contribution in [-0.4, -0.2) is 34.9 Å². The summed E-state index contributed by atoms with van der Waals surface area (Å²) in [5.41, 5.74) is 4.77. The quantitative estimate of drug-likeness (QED) is 0.786. The lowest BCUT2D eigenvalue weighted by Gasteiger charge is -2.16. The van der Waals surface area contributed by atoms with Crippen LogP contribution in [0.5, 0.6) is 11.5 Å². The van der Waals surface area contributed by atoms with Crippen molar-refractivity contribution in [1.29, 1.82) is 0 Å². The van der Waals surface area contributed by atoms with Crippen LogP contribution in [0.1, 0.15) is 11.1 Å². The zero-order valence-electron chi connectivity index (χ0n) is 14.4. The molecule has 0 heterocycles. The molecule has 23 heavy (non-hydrogen) atoms. The fraction of sp³-hybridized carbons (Fsp3) is 0.368. The summed E-state index contributed by atoms with van der Waals surface area (Å²) in [6.07, 6.45) is 0.954. The van der Waals surface area contributed by atoms with Gasteiger partial charge in [0.1, 0.15) is 11.5 Å². The molecule has 2 N–H and O–H groups in total. The van der Waals surface area contributed by atoms with E-state index in [4.69, 9.17) is 9.47 Å². The van der Waals surface area contributed by atoms with Crippen molar-refractivity contribution < 1.29 is 9.47 Å². The standard InChI is InChI=1S/C19H26N2O2/c1-20-10-9-15-6-7-16(22-3)12-17(15)18-11-14(13-21-2)5-8-19(18)23-4/h5-8,11-12,20-21H,9-10,13H2,1-4H3. The molecule has 0 fully saturated rings. The van der Waals surface area contributed by atoms with Gasteiger partial charge in [-0.3, -0.25) is 0 Å². The van der Waals surface area contributed by atoms with Gasteiger partial charge in [0, 0.05) is 12.1 Å². The molecule has 0 saturated heterocycles. The summed E-state index contributed by atoms with van der Waals surface area (Å²) >= 11 is 0. The molecule has 0 aliphatic rings. The summed E-state index contributed by atoms with van der Waals surface area (Å²) in [7, 11) is 7.33. The summed E-state index contributed by atoms with van der Waals surface area (Å²) in [6, 6.07) is 12.5. The van der Waals surface area contributed by atoms with Gasteiger partial charge in [0.15, 0.2) is 0 Å². The number of nitrogens with one attached hydrogen (secondary N) is 2. The van der Waals surface area contributed by atoms with Gasteiger partial charge in [0.05, 0.1) is 14.2 Å². The highest BCUT2D eigenvalue weighted by Crippen LogP contribution is 2.35. The molecule has 2 aromatic carbocycles. The Morgan fingerprint density at radius 2 is 1.70 bits per heavy atom. The van der Waals surface area contributed by atoms with Gasteiger partial charge in [-0.25, -0.2) is 0 Å². The van der Waals surface area contributed by atoms with E-state index < -0.39 is 0 Å². The van der Waals surface area contributed by atoms with Gasteiger partial charge in [0.25, 0.3) is 0 Å². The highest BCUT2D eigenvalue weighted by atomic mass is 16.5. The van der Waals surface area contributed by atoms with Gasteiger partial charge in [-0.05, 0) is 68.0 Å². The minimum Gasteiger partial charge on any atom is -0.497 e. The number of hydrogen-bond donors (Lipinski definition) is 2. The van der Waals surface area contributed by atoms with Crippen molar-refractivity contribution in [1.82, 2.24) is 10.6 Å². The van der Waals surface area contributed by atoms with Gasteiger partial charge in [-0.15, -0.1) is 0 Å².